The Morgan fingerprint density at radius 1 is 1.53 bits per heavy atom. The van der Waals surface area contributed by atoms with Gasteiger partial charge in [0.1, 0.15) is 5.82 Å². The molecule has 1 amide bonds. The molecule has 1 heterocycles. The summed E-state index contributed by atoms with van der Waals surface area (Å²) in [6.45, 7) is -0.409. The minimum absolute atomic E-state index is 0.147. The second-order valence-corrected chi connectivity index (χ2v) is 4.30. The minimum atomic E-state index is -4.29. The van der Waals surface area contributed by atoms with Crippen molar-refractivity contribution in [2.24, 2.45) is 0 Å². The lowest BCUT2D eigenvalue weighted by molar-refractivity contribution is -0.136. The number of amides is 1. The number of pyridine rings is 1. The number of hydrogen-bond acceptors (Lipinski definition) is 3. The molecule has 0 saturated heterocycles. The van der Waals surface area contributed by atoms with Gasteiger partial charge in [0.25, 0.3) is 5.91 Å². The molecule has 4 nitrogen and oxygen atoms in total. The first-order valence-electron chi connectivity index (χ1n) is 5.40. The molecule has 0 aliphatic carbocycles. The number of aromatic nitrogens is 1. The third kappa shape index (κ3) is 4.59. The van der Waals surface area contributed by atoms with Crippen LogP contribution in [-0.4, -0.2) is 42.6 Å². The zero-order chi connectivity index (χ0) is 14.6. The van der Waals surface area contributed by atoms with Crippen molar-refractivity contribution < 1.29 is 18.0 Å². The van der Waals surface area contributed by atoms with E-state index in [0.717, 1.165) is 4.90 Å². The van der Waals surface area contributed by atoms with E-state index in [1.165, 1.54) is 19.3 Å². The first-order valence-corrected chi connectivity index (χ1v) is 5.78. The molecule has 1 rings (SSSR count). The molecule has 0 aromatic carbocycles. The highest BCUT2D eigenvalue weighted by molar-refractivity contribution is 6.33. The zero-order valence-electron chi connectivity index (χ0n) is 10.4. The molecule has 0 atom stereocenters. The SMILES string of the molecule is CNc1ncc(C(=O)N(C)CCC(F)(F)F)cc1Cl. The van der Waals surface area contributed by atoms with Gasteiger partial charge in [-0.1, -0.05) is 11.6 Å². The summed E-state index contributed by atoms with van der Waals surface area (Å²) in [6.07, 6.45) is -4.07. The minimum Gasteiger partial charge on any atom is -0.372 e. The van der Waals surface area contributed by atoms with Crippen LogP contribution in [0.1, 0.15) is 16.8 Å². The largest absolute Gasteiger partial charge is 0.390 e. The standard InChI is InChI=1S/C11H13ClF3N3O/c1-16-9-8(12)5-7(6-17-9)10(19)18(2)4-3-11(13,14)15/h5-6H,3-4H2,1-2H3,(H,16,17). The average Bonchev–Trinajstić information content (AvgIpc) is 2.34. The van der Waals surface area contributed by atoms with Gasteiger partial charge in [-0.05, 0) is 6.07 Å². The van der Waals surface area contributed by atoms with Crippen molar-refractivity contribution in [3.05, 3.63) is 22.8 Å². The average molecular weight is 296 g/mol. The van der Waals surface area contributed by atoms with E-state index in [1.54, 1.807) is 7.05 Å². The molecular weight excluding hydrogens is 283 g/mol. The molecule has 0 fully saturated rings. The fourth-order valence-corrected chi connectivity index (χ4v) is 1.62. The summed E-state index contributed by atoms with van der Waals surface area (Å²) < 4.78 is 36.2. The van der Waals surface area contributed by atoms with Gasteiger partial charge >= 0.3 is 6.18 Å². The molecule has 106 valence electrons. The monoisotopic (exact) mass is 295 g/mol. The van der Waals surface area contributed by atoms with Crippen molar-refractivity contribution in [3.63, 3.8) is 0 Å². The number of anilines is 1. The maximum Gasteiger partial charge on any atom is 0.390 e. The summed E-state index contributed by atoms with van der Waals surface area (Å²) in [5.41, 5.74) is 0.147. The van der Waals surface area contributed by atoms with E-state index in [1.807, 2.05) is 0 Å². The van der Waals surface area contributed by atoms with Crippen LogP contribution in [0.3, 0.4) is 0 Å². The number of hydrogen-bond donors (Lipinski definition) is 1. The predicted octanol–water partition coefficient (Wildman–Crippen LogP) is 2.80. The Hall–Kier alpha value is -1.50. The van der Waals surface area contributed by atoms with E-state index in [0.29, 0.717) is 5.82 Å². The number of carbonyl (C=O) groups is 1. The summed E-state index contributed by atoms with van der Waals surface area (Å²) in [7, 11) is 2.92. The van der Waals surface area contributed by atoms with Crippen molar-refractivity contribution in [3.8, 4) is 0 Å². The highest BCUT2D eigenvalue weighted by atomic mass is 35.5. The molecule has 0 aliphatic rings. The summed E-state index contributed by atoms with van der Waals surface area (Å²) in [6, 6.07) is 1.37. The fraction of sp³-hybridized carbons (Fsp3) is 0.455. The molecule has 0 saturated carbocycles. The highest BCUT2D eigenvalue weighted by Gasteiger charge is 2.28. The van der Waals surface area contributed by atoms with Crippen molar-refractivity contribution in [1.29, 1.82) is 0 Å². The number of alkyl halides is 3. The van der Waals surface area contributed by atoms with Crippen molar-refractivity contribution in [2.45, 2.75) is 12.6 Å². The van der Waals surface area contributed by atoms with E-state index in [9.17, 15) is 18.0 Å². The van der Waals surface area contributed by atoms with Gasteiger partial charge in [0, 0.05) is 26.8 Å². The number of halogens is 4. The van der Waals surface area contributed by atoms with E-state index in [-0.39, 0.29) is 10.6 Å². The maximum atomic E-state index is 12.1. The highest BCUT2D eigenvalue weighted by Crippen LogP contribution is 2.22. The van der Waals surface area contributed by atoms with E-state index in [2.05, 4.69) is 10.3 Å². The predicted molar refractivity (Wildman–Crippen MR) is 66.4 cm³/mol. The molecule has 8 heteroatoms. The smallest absolute Gasteiger partial charge is 0.372 e. The molecule has 0 radical (unpaired) electrons. The third-order valence-corrected chi connectivity index (χ3v) is 2.69. The van der Waals surface area contributed by atoms with Crippen molar-refractivity contribution >= 4 is 23.3 Å². The molecule has 0 unspecified atom stereocenters. The summed E-state index contributed by atoms with van der Waals surface area (Å²) in [5.74, 6) is -0.155. The van der Waals surface area contributed by atoms with Crippen LogP contribution >= 0.6 is 11.6 Å². The van der Waals surface area contributed by atoms with Crippen molar-refractivity contribution in [1.82, 2.24) is 9.88 Å². The number of nitrogens with one attached hydrogen (secondary N) is 1. The van der Waals surface area contributed by atoms with Gasteiger partial charge in [0.15, 0.2) is 0 Å². The molecule has 19 heavy (non-hydrogen) atoms. The second-order valence-electron chi connectivity index (χ2n) is 3.90. The Balaban J connectivity index is 2.74. The van der Waals surface area contributed by atoms with Crippen LogP contribution in [0.4, 0.5) is 19.0 Å². The first-order chi connectivity index (χ1) is 8.74. The summed E-state index contributed by atoms with van der Waals surface area (Å²) in [5, 5.41) is 2.95. The fourth-order valence-electron chi connectivity index (χ4n) is 1.36. The number of nitrogens with zero attached hydrogens (tertiary/aromatic N) is 2. The van der Waals surface area contributed by atoms with Crippen LogP contribution in [0.2, 0.25) is 5.02 Å². The van der Waals surface area contributed by atoms with Crippen LogP contribution in [0.5, 0.6) is 0 Å². The molecule has 0 bridgehead atoms. The van der Waals surface area contributed by atoms with Gasteiger partial charge in [0.05, 0.1) is 17.0 Å². The maximum absolute atomic E-state index is 12.1. The van der Waals surface area contributed by atoms with E-state index >= 15 is 0 Å². The van der Waals surface area contributed by atoms with Crippen LogP contribution in [0.25, 0.3) is 0 Å². The lowest BCUT2D eigenvalue weighted by Gasteiger charge is -2.18. The Bertz CT molecular complexity index is 465. The van der Waals surface area contributed by atoms with Gasteiger partial charge in [-0.3, -0.25) is 4.79 Å². The van der Waals surface area contributed by atoms with Gasteiger partial charge < -0.3 is 10.2 Å². The summed E-state index contributed by atoms with van der Waals surface area (Å²) in [4.78, 5) is 16.7. The molecule has 0 spiro atoms. The Kier molecular flexibility index (Phi) is 4.99. The van der Waals surface area contributed by atoms with E-state index in [4.69, 9.17) is 11.6 Å². The van der Waals surface area contributed by atoms with Gasteiger partial charge in [0.2, 0.25) is 0 Å². The number of carbonyl (C=O) groups excluding carboxylic acids is 1. The Morgan fingerprint density at radius 2 is 2.16 bits per heavy atom. The third-order valence-electron chi connectivity index (χ3n) is 2.40. The molecule has 0 aliphatic heterocycles. The second kappa shape index (κ2) is 6.10. The van der Waals surface area contributed by atoms with Crippen LogP contribution in [0.15, 0.2) is 12.3 Å². The topological polar surface area (TPSA) is 45.2 Å². The van der Waals surface area contributed by atoms with Gasteiger partial charge in [-0.25, -0.2) is 4.98 Å². The summed E-state index contributed by atoms with van der Waals surface area (Å²) >= 11 is 5.85. The van der Waals surface area contributed by atoms with Gasteiger partial charge in [-0.15, -0.1) is 0 Å². The van der Waals surface area contributed by atoms with Crippen molar-refractivity contribution in [2.75, 3.05) is 26.0 Å². The lowest BCUT2D eigenvalue weighted by Crippen LogP contribution is -2.30. The van der Waals surface area contributed by atoms with Gasteiger partial charge in [-0.2, -0.15) is 13.2 Å². The first kappa shape index (κ1) is 15.6. The zero-order valence-corrected chi connectivity index (χ0v) is 11.1. The van der Waals surface area contributed by atoms with Crippen LogP contribution < -0.4 is 5.32 Å². The Labute approximate surface area is 113 Å². The molecule has 1 N–H and O–H groups in total. The van der Waals surface area contributed by atoms with E-state index < -0.39 is 25.0 Å². The normalized spacial score (nSPS) is 11.3. The molecular formula is C11H13ClF3N3O. The Morgan fingerprint density at radius 3 is 2.63 bits per heavy atom. The molecule has 1 aromatic heterocycles. The lowest BCUT2D eigenvalue weighted by atomic mass is 10.2. The van der Waals surface area contributed by atoms with Crippen LogP contribution in [0, 0.1) is 0 Å². The molecule has 1 aromatic rings. The van der Waals surface area contributed by atoms with Crippen LogP contribution in [-0.2, 0) is 0 Å². The number of rotatable bonds is 4. The quantitative estimate of drug-likeness (QED) is 0.929.